The number of aliphatic hydroxyl groups is 1. The molecule has 0 aliphatic carbocycles. The summed E-state index contributed by atoms with van der Waals surface area (Å²) in [5.74, 6) is 1.16. The van der Waals surface area contributed by atoms with Gasteiger partial charge in [-0.2, -0.15) is 0 Å². The smallest absolute Gasteiger partial charge is 0.276 e. The average Bonchev–Trinajstić information content (AvgIpc) is 2.83. The Morgan fingerprint density at radius 1 is 1.18 bits per heavy atom. The number of aryl methyl sites for hydroxylation is 1. The fraction of sp³-hybridized carbons (Fsp3) is 0.261. The third-order valence-electron chi connectivity index (χ3n) is 4.89. The van der Waals surface area contributed by atoms with Crippen molar-refractivity contribution >= 4 is 17.6 Å². The molecule has 0 atom stereocenters. The molecule has 11 heteroatoms. The first-order chi connectivity index (χ1) is 16.3. The van der Waals surface area contributed by atoms with E-state index in [1.807, 2.05) is 0 Å². The number of ether oxygens (including phenoxy) is 2. The number of nitrogens with two attached hydrogens (primary N) is 2. The second-order valence-corrected chi connectivity index (χ2v) is 7.34. The van der Waals surface area contributed by atoms with Gasteiger partial charge in [-0.3, -0.25) is 9.79 Å². The second-order valence-electron chi connectivity index (χ2n) is 7.34. The lowest BCUT2D eigenvalue weighted by Crippen LogP contribution is -2.21. The van der Waals surface area contributed by atoms with E-state index in [1.54, 1.807) is 32.2 Å². The fourth-order valence-corrected chi connectivity index (χ4v) is 3.15. The highest BCUT2D eigenvalue weighted by Crippen LogP contribution is 2.29. The van der Waals surface area contributed by atoms with Crippen LogP contribution >= 0.6 is 0 Å². The molecular weight excluding hydrogens is 438 g/mol. The molecule has 0 saturated heterocycles. The monoisotopic (exact) mass is 465 g/mol. The highest BCUT2D eigenvalue weighted by molar-refractivity contribution is 6.10. The van der Waals surface area contributed by atoms with E-state index in [0.29, 0.717) is 39.7 Å². The van der Waals surface area contributed by atoms with Gasteiger partial charge in [0.1, 0.15) is 28.6 Å². The first-order valence-corrected chi connectivity index (χ1v) is 10.3. The van der Waals surface area contributed by atoms with Gasteiger partial charge in [0.05, 0.1) is 39.3 Å². The quantitative estimate of drug-likeness (QED) is 0.415. The molecule has 0 aliphatic heterocycles. The maximum atomic E-state index is 12.9. The van der Waals surface area contributed by atoms with Gasteiger partial charge in [-0.25, -0.2) is 15.0 Å². The van der Waals surface area contributed by atoms with Crippen molar-refractivity contribution in [1.82, 2.24) is 19.5 Å². The largest absolute Gasteiger partial charge is 0.497 e. The van der Waals surface area contributed by atoms with Crippen molar-refractivity contribution in [3.8, 4) is 34.1 Å². The predicted octanol–water partition coefficient (Wildman–Crippen LogP) is 1.26. The molecule has 1 aromatic carbocycles. The van der Waals surface area contributed by atoms with E-state index in [-0.39, 0.29) is 35.9 Å². The Morgan fingerprint density at radius 2 is 1.85 bits per heavy atom. The average molecular weight is 466 g/mol. The molecule has 5 N–H and O–H groups in total. The zero-order valence-electron chi connectivity index (χ0n) is 19.4. The van der Waals surface area contributed by atoms with Crippen molar-refractivity contribution in [1.29, 1.82) is 0 Å². The molecule has 0 saturated carbocycles. The summed E-state index contributed by atoms with van der Waals surface area (Å²) in [6.45, 7) is 1.84. The molecule has 2 heterocycles. The molecule has 0 aliphatic rings. The number of rotatable bonds is 8. The van der Waals surface area contributed by atoms with Crippen LogP contribution in [0.1, 0.15) is 12.6 Å². The highest BCUT2D eigenvalue weighted by atomic mass is 16.5. The topological polar surface area (TPSA) is 164 Å². The normalized spacial score (nSPS) is 12.0. The first-order valence-electron chi connectivity index (χ1n) is 10.3. The van der Waals surface area contributed by atoms with Gasteiger partial charge in [-0.05, 0) is 19.1 Å². The Bertz CT molecular complexity index is 1290. The lowest BCUT2D eigenvalue weighted by atomic mass is 10.1. The molecule has 0 fully saturated rings. The molecule has 0 amide bonds. The molecule has 11 nitrogen and oxygen atoms in total. The van der Waals surface area contributed by atoms with Crippen LogP contribution in [0.2, 0.25) is 0 Å². The zero-order valence-corrected chi connectivity index (χ0v) is 19.4. The molecule has 3 rings (SSSR count). The zero-order chi connectivity index (χ0) is 24.8. The number of aliphatic hydroxyl groups excluding tert-OH is 1. The van der Waals surface area contributed by atoms with Crippen LogP contribution in [0.3, 0.4) is 0 Å². The molecule has 3 aromatic rings. The summed E-state index contributed by atoms with van der Waals surface area (Å²) in [6.07, 6.45) is 4.54. The molecular formula is C23H27N7O4. The van der Waals surface area contributed by atoms with Gasteiger partial charge in [0.15, 0.2) is 5.82 Å². The molecule has 0 radical (unpaired) electrons. The third kappa shape index (κ3) is 5.21. The number of aromatic nitrogens is 4. The van der Waals surface area contributed by atoms with Crippen LogP contribution < -0.4 is 26.5 Å². The van der Waals surface area contributed by atoms with Crippen molar-refractivity contribution in [3.63, 3.8) is 0 Å². The Labute approximate surface area is 196 Å². The number of hydrogen-bond acceptors (Lipinski definition) is 10. The number of allylic oxidation sites excluding steroid dienone is 2. The van der Waals surface area contributed by atoms with E-state index in [0.717, 1.165) is 0 Å². The van der Waals surface area contributed by atoms with Crippen molar-refractivity contribution in [3.05, 3.63) is 52.3 Å². The number of benzene rings is 1. The standard InChI is InChI=1S/C23H27N7O4/c1-13(24)17(10-26-5-6-31)18-11-27-22(25)21(28-18)19-12-30(2)23(32)20(29-19)14-7-15(33-3)9-16(8-14)34-4/h7-12,31H,5-6,24H2,1-4H3,(H2,25,27). The van der Waals surface area contributed by atoms with Gasteiger partial charge < -0.3 is 30.6 Å². The van der Waals surface area contributed by atoms with Gasteiger partial charge in [0, 0.05) is 42.4 Å². The number of hydrogen-bond donors (Lipinski definition) is 3. The molecule has 0 spiro atoms. The number of methoxy groups -OCH3 is 2. The SMILES string of the molecule is COc1cc(OC)cc(-c2nc(-c3nc(C(C=NCCO)=C(C)N)cnc3N)cn(C)c2=O)c1. The van der Waals surface area contributed by atoms with Gasteiger partial charge >= 0.3 is 0 Å². The van der Waals surface area contributed by atoms with E-state index < -0.39 is 0 Å². The Hall–Kier alpha value is -4.25. The van der Waals surface area contributed by atoms with Gasteiger partial charge in [-0.15, -0.1) is 0 Å². The minimum Gasteiger partial charge on any atom is -0.497 e. The van der Waals surface area contributed by atoms with Crippen molar-refractivity contribution in [2.45, 2.75) is 6.92 Å². The van der Waals surface area contributed by atoms with Crippen LogP contribution in [0.25, 0.3) is 28.2 Å². The molecule has 34 heavy (non-hydrogen) atoms. The minimum atomic E-state index is -0.323. The van der Waals surface area contributed by atoms with Crippen molar-refractivity contribution < 1.29 is 14.6 Å². The van der Waals surface area contributed by atoms with Crippen LogP contribution in [-0.2, 0) is 7.05 Å². The summed E-state index contributed by atoms with van der Waals surface area (Å²) >= 11 is 0. The van der Waals surface area contributed by atoms with Crippen molar-refractivity contribution in [2.75, 3.05) is 33.1 Å². The van der Waals surface area contributed by atoms with E-state index in [1.165, 1.54) is 37.4 Å². The number of anilines is 1. The Kier molecular flexibility index (Phi) is 7.59. The summed E-state index contributed by atoms with van der Waals surface area (Å²) < 4.78 is 12.0. The summed E-state index contributed by atoms with van der Waals surface area (Å²) in [5.41, 5.74) is 14.5. The summed E-state index contributed by atoms with van der Waals surface area (Å²) in [4.78, 5) is 30.5. The van der Waals surface area contributed by atoms with Crippen molar-refractivity contribution in [2.24, 2.45) is 17.8 Å². The summed E-state index contributed by atoms with van der Waals surface area (Å²) in [5, 5.41) is 8.99. The molecule has 0 unspecified atom stereocenters. The van der Waals surface area contributed by atoms with Gasteiger partial charge in [0.25, 0.3) is 5.56 Å². The highest BCUT2D eigenvalue weighted by Gasteiger charge is 2.17. The molecule has 2 aromatic heterocycles. The summed E-state index contributed by atoms with van der Waals surface area (Å²) in [6, 6.07) is 5.08. The van der Waals surface area contributed by atoms with Crippen LogP contribution in [0.5, 0.6) is 11.5 Å². The number of nitrogen functional groups attached to an aromatic ring is 1. The fourth-order valence-electron chi connectivity index (χ4n) is 3.15. The number of nitrogens with zero attached hydrogens (tertiary/aromatic N) is 5. The second kappa shape index (κ2) is 10.6. The van der Waals surface area contributed by atoms with Crippen LogP contribution in [0, 0.1) is 0 Å². The molecule has 0 bridgehead atoms. The maximum Gasteiger partial charge on any atom is 0.276 e. The lowest BCUT2D eigenvalue weighted by molar-refractivity contribution is 0.307. The van der Waals surface area contributed by atoms with Gasteiger partial charge in [-0.1, -0.05) is 0 Å². The van der Waals surface area contributed by atoms with Crippen LogP contribution in [0.4, 0.5) is 5.82 Å². The summed E-state index contributed by atoms with van der Waals surface area (Å²) in [7, 11) is 4.66. The molecule has 178 valence electrons. The third-order valence-corrected chi connectivity index (χ3v) is 4.89. The van der Waals surface area contributed by atoms with Crippen LogP contribution in [-0.4, -0.2) is 58.2 Å². The Morgan fingerprint density at radius 3 is 2.44 bits per heavy atom. The Balaban J connectivity index is 2.19. The van der Waals surface area contributed by atoms with E-state index >= 15 is 0 Å². The van der Waals surface area contributed by atoms with E-state index in [2.05, 4.69) is 19.9 Å². The predicted molar refractivity (Wildman–Crippen MR) is 131 cm³/mol. The maximum absolute atomic E-state index is 12.9. The first kappa shape index (κ1) is 24.4. The van der Waals surface area contributed by atoms with E-state index in [4.69, 9.17) is 26.0 Å². The van der Waals surface area contributed by atoms with E-state index in [9.17, 15) is 4.79 Å². The minimum absolute atomic E-state index is 0.0914. The number of aliphatic imine (C=N–C) groups is 1. The van der Waals surface area contributed by atoms with Gasteiger partial charge in [0.2, 0.25) is 0 Å². The van der Waals surface area contributed by atoms with Crippen LogP contribution in [0.15, 0.2) is 46.1 Å². The lowest BCUT2D eigenvalue weighted by Gasteiger charge is -2.12.